The fourth-order valence-corrected chi connectivity index (χ4v) is 4.79. The molecule has 0 atom stereocenters. The van der Waals surface area contributed by atoms with Crippen molar-refractivity contribution >= 4 is 45.9 Å². The second kappa shape index (κ2) is 11.5. The molecule has 0 aromatic heterocycles. The highest BCUT2D eigenvalue weighted by molar-refractivity contribution is 14.0. The number of halogens is 1. The lowest BCUT2D eigenvalue weighted by molar-refractivity contribution is -0.138. The molecule has 0 unspecified atom stereocenters. The summed E-state index contributed by atoms with van der Waals surface area (Å²) in [7, 11) is 1.94. The van der Waals surface area contributed by atoms with Gasteiger partial charge in [0.1, 0.15) is 0 Å². The Morgan fingerprint density at radius 3 is 2.29 bits per heavy atom. The third kappa shape index (κ3) is 7.33. The van der Waals surface area contributed by atoms with Crippen molar-refractivity contribution < 1.29 is 13.2 Å². The molecule has 0 heterocycles. The summed E-state index contributed by atoms with van der Waals surface area (Å²) in [5.41, 5.74) is -0.391. The highest BCUT2D eigenvalue weighted by Gasteiger charge is 2.42. The van der Waals surface area contributed by atoms with Crippen molar-refractivity contribution in [1.29, 1.82) is 0 Å². The van der Waals surface area contributed by atoms with Gasteiger partial charge in [-0.05, 0) is 31.6 Å². The number of carbonyl (C=O) groups is 1. The monoisotopic (exact) mass is 529 g/mol. The van der Waals surface area contributed by atoms with Gasteiger partial charge in [-0.2, -0.15) is 0 Å². The number of sulfonamides is 1. The Morgan fingerprint density at radius 1 is 1.14 bits per heavy atom. The molecule has 0 aromatic rings. The standard InChI is InChI=1S/C18H35N5O3S.HI/c1-19-17(20-11-12-27(25,26)22-13-15-7-6-8-15)21-14-18(9-4-5-10-18)16(24)23(2)3;/h15,22H,4-14H2,1-3H3,(H2,19,20,21);1H. The number of hydrogen-bond donors (Lipinski definition) is 3. The van der Waals surface area contributed by atoms with Gasteiger partial charge in [-0.25, -0.2) is 13.1 Å². The molecular weight excluding hydrogens is 493 g/mol. The molecule has 2 rings (SSSR count). The van der Waals surface area contributed by atoms with Crippen molar-refractivity contribution in [3.8, 4) is 0 Å². The largest absolute Gasteiger partial charge is 0.355 e. The van der Waals surface area contributed by atoms with Gasteiger partial charge in [-0.1, -0.05) is 19.3 Å². The quantitative estimate of drug-likeness (QED) is 0.236. The third-order valence-electron chi connectivity index (χ3n) is 5.72. The van der Waals surface area contributed by atoms with Gasteiger partial charge in [-0.3, -0.25) is 9.79 Å². The van der Waals surface area contributed by atoms with Gasteiger partial charge in [0, 0.05) is 40.8 Å². The topological polar surface area (TPSA) is 103 Å². The molecule has 164 valence electrons. The van der Waals surface area contributed by atoms with E-state index in [4.69, 9.17) is 0 Å². The Balaban J connectivity index is 0.00000392. The number of aliphatic imine (C=N–C) groups is 1. The molecule has 0 spiro atoms. The van der Waals surface area contributed by atoms with Crippen LogP contribution in [0.4, 0.5) is 0 Å². The third-order valence-corrected chi connectivity index (χ3v) is 7.07. The van der Waals surface area contributed by atoms with E-state index in [9.17, 15) is 13.2 Å². The molecule has 2 aliphatic rings. The molecule has 2 fully saturated rings. The molecule has 0 saturated heterocycles. The van der Waals surface area contributed by atoms with Crippen LogP contribution in [-0.4, -0.2) is 71.7 Å². The van der Waals surface area contributed by atoms with Crippen LogP contribution in [0, 0.1) is 11.3 Å². The smallest absolute Gasteiger partial charge is 0.230 e. The van der Waals surface area contributed by atoms with Crippen molar-refractivity contribution in [1.82, 2.24) is 20.3 Å². The fourth-order valence-electron chi connectivity index (χ4n) is 3.78. The lowest BCUT2D eigenvalue weighted by atomic mass is 9.84. The Morgan fingerprint density at radius 2 is 1.79 bits per heavy atom. The summed E-state index contributed by atoms with van der Waals surface area (Å²) in [6.07, 6.45) is 7.28. The molecule has 2 aliphatic carbocycles. The van der Waals surface area contributed by atoms with Crippen LogP contribution in [0.3, 0.4) is 0 Å². The zero-order valence-electron chi connectivity index (χ0n) is 17.3. The normalized spacial score (nSPS) is 19.5. The molecule has 0 aliphatic heterocycles. The number of rotatable bonds is 9. The molecule has 1 amide bonds. The van der Waals surface area contributed by atoms with Crippen LogP contribution in [0.25, 0.3) is 0 Å². The van der Waals surface area contributed by atoms with E-state index in [1.54, 1.807) is 26.0 Å². The number of amides is 1. The zero-order valence-corrected chi connectivity index (χ0v) is 20.4. The second-order valence-corrected chi connectivity index (χ2v) is 9.93. The van der Waals surface area contributed by atoms with Gasteiger partial charge < -0.3 is 15.5 Å². The van der Waals surface area contributed by atoms with E-state index in [0.717, 1.165) is 38.5 Å². The number of nitrogens with zero attached hydrogens (tertiary/aromatic N) is 2. The summed E-state index contributed by atoms with van der Waals surface area (Å²) in [6.45, 7) is 1.33. The maximum Gasteiger partial charge on any atom is 0.230 e. The first-order valence-corrected chi connectivity index (χ1v) is 11.6. The summed E-state index contributed by atoms with van der Waals surface area (Å²) in [6, 6.07) is 0. The number of carbonyl (C=O) groups excluding carboxylic acids is 1. The first-order chi connectivity index (χ1) is 12.8. The summed E-state index contributed by atoms with van der Waals surface area (Å²) >= 11 is 0. The van der Waals surface area contributed by atoms with Gasteiger partial charge >= 0.3 is 0 Å². The van der Waals surface area contributed by atoms with Crippen molar-refractivity contribution in [2.24, 2.45) is 16.3 Å². The molecule has 2 saturated carbocycles. The maximum absolute atomic E-state index is 12.6. The first kappa shape index (κ1) is 25.4. The van der Waals surface area contributed by atoms with E-state index in [0.29, 0.717) is 25.0 Å². The van der Waals surface area contributed by atoms with Crippen LogP contribution in [0.15, 0.2) is 4.99 Å². The van der Waals surface area contributed by atoms with Gasteiger partial charge in [0.15, 0.2) is 5.96 Å². The first-order valence-electron chi connectivity index (χ1n) is 9.92. The lowest BCUT2D eigenvalue weighted by Crippen LogP contribution is -2.49. The number of guanidine groups is 1. The summed E-state index contributed by atoms with van der Waals surface area (Å²) in [4.78, 5) is 18.4. The highest BCUT2D eigenvalue weighted by Crippen LogP contribution is 2.38. The average Bonchev–Trinajstić information content (AvgIpc) is 3.05. The van der Waals surface area contributed by atoms with Crippen molar-refractivity contribution in [3.63, 3.8) is 0 Å². The summed E-state index contributed by atoms with van der Waals surface area (Å²) < 4.78 is 26.8. The van der Waals surface area contributed by atoms with E-state index in [2.05, 4.69) is 20.3 Å². The zero-order chi connectivity index (χ0) is 19.9. The van der Waals surface area contributed by atoms with Gasteiger partial charge in [0.2, 0.25) is 15.9 Å². The predicted molar refractivity (Wildman–Crippen MR) is 124 cm³/mol. The van der Waals surface area contributed by atoms with Crippen molar-refractivity contribution in [2.45, 2.75) is 44.9 Å². The fraction of sp³-hybridized carbons (Fsp3) is 0.889. The molecule has 3 N–H and O–H groups in total. The molecule has 0 radical (unpaired) electrons. The van der Waals surface area contributed by atoms with E-state index in [1.165, 1.54) is 6.42 Å². The maximum atomic E-state index is 12.6. The summed E-state index contributed by atoms with van der Waals surface area (Å²) in [5, 5.41) is 6.26. The summed E-state index contributed by atoms with van der Waals surface area (Å²) in [5.74, 6) is 1.18. The SMILES string of the molecule is CN=C(NCCS(=O)(=O)NCC1CCC1)NCC1(C(=O)N(C)C)CCCC1.I. The van der Waals surface area contributed by atoms with Gasteiger partial charge in [0.05, 0.1) is 11.2 Å². The second-order valence-electron chi connectivity index (χ2n) is 8.00. The highest BCUT2D eigenvalue weighted by atomic mass is 127. The van der Waals surface area contributed by atoms with Crippen LogP contribution in [0.2, 0.25) is 0 Å². The Bertz CT molecular complexity index is 629. The van der Waals surface area contributed by atoms with Crippen LogP contribution >= 0.6 is 24.0 Å². The van der Waals surface area contributed by atoms with Crippen LogP contribution in [0.5, 0.6) is 0 Å². The van der Waals surface area contributed by atoms with Crippen LogP contribution in [-0.2, 0) is 14.8 Å². The molecule has 28 heavy (non-hydrogen) atoms. The lowest BCUT2D eigenvalue weighted by Gasteiger charge is -2.31. The predicted octanol–water partition coefficient (Wildman–Crippen LogP) is 1.14. The van der Waals surface area contributed by atoms with Gasteiger partial charge in [0.25, 0.3) is 0 Å². The van der Waals surface area contributed by atoms with E-state index in [1.807, 2.05) is 0 Å². The molecule has 8 nitrogen and oxygen atoms in total. The van der Waals surface area contributed by atoms with Crippen LogP contribution < -0.4 is 15.4 Å². The Hall–Kier alpha value is -0.620. The molecular formula is C18H36IN5O3S. The van der Waals surface area contributed by atoms with E-state index >= 15 is 0 Å². The van der Waals surface area contributed by atoms with Gasteiger partial charge in [-0.15, -0.1) is 24.0 Å². The Kier molecular flexibility index (Phi) is 10.5. The molecule has 0 aromatic carbocycles. The molecule has 0 bridgehead atoms. The number of nitrogens with one attached hydrogen (secondary N) is 3. The van der Waals surface area contributed by atoms with E-state index < -0.39 is 15.4 Å². The van der Waals surface area contributed by atoms with Crippen LogP contribution in [0.1, 0.15) is 44.9 Å². The average molecular weight is 529 g/mol. The number of hydrogen-bond acceptors (Lipinski definition) is 4. The molecule has 10 heteroatoms. The van der Waals surface area contributed by atoms with Crippen molar-refractivity contribution in [2.75, 3.05) is 46.5 Å². The minimum atomic E-state index is -3.28. The van der Waals surface area contributed by atoms with E-state index in [-0.39, 0.29) is 42.2 Å². The Labute approximate surface area is 186 Å². The van der Waals surface area contributed by atoms with Crippen molar-refractivity contribution in [3.05, 3.63) is 0 Å². The minimum Gasteiger partial charge on any atom is -0.355 e. The minimum absolute atomic E-state index is 0.